The van der Waals surface area contributed by atoms with E-state index in [-0.39, 0.29) is 19.1 Å². The number of benzene rings is 2. The van der Waals surface area contributed by atoms with Crippen molar-refractivity contribution in [3.63, 3.8) is 0 Å². The van der Waals surface area contributed by atoms with E-state index < -0.39 is 31.4 Å². The first-order valence-electron chi connectivity index (χ1n) is 14.4. The molecule has 0 fully saturated rings. The van der Waals surface area contributed by atoms with Crippen LogP contribution in [0, 0.1) is 5.92 Å². The number of para-hydroxylation sites is 2. The molecule has 0 amide bonds. The number of pyridine rings is 1. The number of nitrogens with one attached hydrogen (secondary N) is 1. The average Bonchev–Trinajstić information content (AvgIpc) is 3.33. The van der Waals surface area contributed by atoms with Crippen LogP contribution in [0.2, 0.25) is 0 Å². The van der Waals surface area contributed by atoms with E-state index in [0.29, 0.717) is 29.5 Å². The van der Waals surface area contributed by atoms with E-state index in [0.717, 1.165) is 16.4 Å². The van der Waals surface area contributed by atoms with E-state index in [4.69, 9.17) is 29.2 Å². The highest BCUT2D eigenvalue weighted by molar-refractivity contribution is 7.52. The van der Waals surface area contributed by atoms with E-state index in [1.54, 1.807) is 45.0 Å². The van der Waals surface area contributed by atoms with Crippen molar-refractivity contribution in [2.24, 2.45) is 5.92 Å². The molecule has 0 saturated carbocycles. The average molecular weight is 612 g/mol. The first-order chi connectivity index (χ1) is 20.3. The van der Waals surface area contributed by atoms with E-state index in [2.05, 4.69) is 10.1 Å². The molecule has 2 aromatic carbocycles. The molecule has 3 atom stereocenters. The van der Waals surface area contributed by atoms with Crippen LogP contribution in [0.1, 0.15) is 60.3 Å². The summed E-state index contributed by atoms with van der Waals surface area (Å²) in [6.45, 7) is 13.5. The number of hydrogen-bond acceptors (Lipinski definition) is 9. The normalized spacial score (nSPS) is 15.0. The minimum Gasteiger partial charge on any atom is -0.459 e. The standard InChI is InChI=1S/C31H42N5O6P/c1-8-39-19-25-34-27-28(23-16-12-13-17-24(23)33-29(27)32)36(25)21(4)18-40-43(38,42-22-14-10-9-11-15-22)35-26(20(2)3)30(37)41-31(5,6)7/h9-17,20-21,26H,8,18-19H2,1-7H3,(H2,32,33)(H,35,38)/t21-,26+,43+/m1/s1. The molecule has 4 rings (SSSR count). The fraction of sp³-hybridized carbons (Fsp3) is 0.452. The van der Waals surface area contributed by atoms with Gasteiger partial charge in [-0.25, -0.2) is 14.5 Å². The number of anilines is 1. The van der Waals surface area contributed by atoms with Crippen LogP contribution in [0.3, 0.4) is 0 Å². The van der Waals surface area contributed by atoms with Crippen molar-refractivity contribution in [1.82, 2.24) is 19.6 Å². The maximum atomic E-state index is 14.4. The van der Waals surface area contributed by atoms with Crippen LogP contribution in [0.15, 0.2) is 54.6 Å². The lowest BCUT2D eigenvalue weighted by atomic mass is 10.1. The molecule has 43 heavy (non-hydrogen) atoms. The van der Waals surface area contributed by atoms with Crippen LogP contribution in [0.5, 0.6) is 5.75 Å². The van der Waals surface area contributed by atoms with E-state index in [9.17, 15) is 9.36 Å². The van der Waals surface area contributed by atoms with Gasteiger partial charge < -0.3 is 24.3 Å². The van der Waals surface area contributed by atoms with Crippen LogP contribution in [-0.4, -0.2) is 45.4 Å². The Labute approximate surface area is 252 Å². The Morgan fingerprint density at radius 3 is 2.37 bits per heavy atom. The summed E-state index contributed by atoms with van der Waals surface area (Å²) in [5.41, 5.74) is 7.65. The fourth-order valence-electron chi connectivity index (χ4n) is 4.64. The second-order valence-corrected chi connectivity index (χ2v) is 13.4. The van der Waals surface area contributed by atoms with E-state index in [1.165, 1.54) is 0 Å². The molecule has 0 spiro atoms. The van der Waals surface area contributed by atoms with Gasteiger partial charge in [-0.15, -0.1) is 0 Å². The Morgan fingerprint density at radius 2 is 1.72 bits per heavy atom. The maximum absolute atomic E-state index is 14.4. The zero-order valence-electron chi connectivity index (χ0n) is 25.9. The molecule has 0 unspecified atom stereocenters. The number of esters is 1. The van der Waals surface area contributed by atoms with Crippen molar-refractivity contribution in [2.45, 2.75) is 72.8 Å². The van der Waals surface area contributed by atoms with Crippen LogP contribution in [0.4, 0.5) is 5.82 Å². The summed E-state index contributed by atoms with van der Waals surface area (Å²) >= 11 is 0. The Balaban J connectivity index is 1.71. The van der Waals surface area contributed by atoms with E-state index in [1.807, 2.05) is 62.6 Å². The number of nitrogens with zero attached hydrogens (tertiary/aromatic N) is 3. The number of carbonyl (C=O) groups excluding carboxylic acids is 1. The lowest BCUT2D eigenvalue weighted by Crippen LogP contribution is -2.44. The van der Waals surface area contributed by atoms with Gasteiger partial charge in [0.1, 0.15) is 35.3 Å². The van der Waals surface area contributed by atoms with Gasteiger partial charge in [0.05, 0.1) is 23.7 Å². The van der Waals surface area contributed by atoms with Crippen molar-refractivity contribution < 1.29 is 27.9 Å². The number of ether oxygens (including phenoxy) is 2. The van der Waals surface area contributed by atoms with Crippen molar-refractivity contribution in [3.8, 4) is 5.75 Å². The Morgan fingerprint density at radius 1 is 1.05 bits per heavy atom. The number of imidazole rings is 1. The summed E-state index contributed by atoms with van der Waals surface area (Å²) < 4.78 is 39.8. The molecule has 0 aliphatic heterocycles. The van der Waals surface area contributed by atoms with Crippen LogP contribution < -0.4 is 15.3 Å². The molecular formula is C31H42N5O6P. The molecule has 11 nitrogen and oxygen atoms in total. The Kier molecular flexibility index (Phi) is 10.1. The third-order valence-electron chi connectivity index (χ3n) is 6.58. The first kappa shape index (κ1) is 32.4. The number of carbonyl (C=O) groups is 1. The van der Waals surface area contributed by atoms with Gasteiger partial charge in [-0.2, -0.15) is 5.09 Å². The highest BCUT2D eigenvalue weighted by Crippen LogP contribution is 2.46. The van der Waals surface area contributed by atoms with Crippen molar-refractivity contribution in [3.05, 3.63) is 60.4 Å². The summed E-state index contributed by atoms with van der Waals surface area (Å²) in [6.07, 6.45) is 0. The number of rotatable bonds is 13. The molecule has 0 saturated heterocycles. The molecular weight excluding hydrogens is 569 g/mol. The number of aromatic nitrogens is 3. The molecule has 2 heterocycles. The summed E-state index contributed by atoms with van der Waals surface area (Å²) in [5, 5.41) is 3.74. The van der Waals surface area contributed by atoms with Crippen molar-refractivity contribution in [1.29, 1.82) is 0 Å². The molecule has 0 aliphatic carbocycles. The molecule has 232 valence electrons. The van der Waals surface area contributed by atoms with E-state index >= 15 is 0 Å². The molecule has 0 aliphatic rings. The molecule has 0 bridgehead atoms. The number of nitrogens with two attached hydrogens (primary N) is 1. The summed E-state index contributed by atoms with van der Waals surface area (Å²) in [5.74, 6) is 0.423. The summed E-state index contributed by atoms with van der Waals surface area (Å²) in [7, 11) is -4.13. The third-order valence-corrected chi connectivity index (χ3v) is 8.12. The minimum atomic E-state index is -4.13. The predicted octanol–water partition coefficient (Wildman–Crippen LogP) is 6.42. The lowest BCUT2D eigenvalue weighted by Gasteiger charge is -2.30. The smallest absolute Gasteiger partial charge is 0.459 e. The molecule has 4 aromatic rings. The van der Waals surface area contributed by atoms with Crippen LogP contribution in [-0.2, 0) is 30.0 Å². The lowest BCUT2D eigenvalue weighted by molar-refractivity contribution is -0.158. The van der Waals surface area contributed by atoms with Gasteiger partial charge in [-0.05, 0) is 58.7 Å². The summed E-state index contributed by atoms with van der Waals surface area (Å²) in [6, 6.07) is 15.0. The van der Waals surface area contributed by atoms with Gasteiger partial charge in [0.25, 0.3) is 0 Å². The molecule has 0 radical (unpaired) electrons. The highest BCUT2D eigenvalue weighted by atomic mass is 31.2. The van der Waals surface area contributed by atoms with Crippen molar-refractivity contribution >= 4 is 41.5 Å². The van der Waals surface area contributed by atoms with Gasteiger partial charge in [0.15, 0.2) is 5.82 Å². The quantitative estimate of drug-likeness (QED) is 0.128. The molecule has 3 N–H and O–H groups in total. The summed E-state index contributed by atoms with van der Waals surface area (Å²) in [4.78, 5) is 22.5. The van der Waals surface area contributed by atoms with Gasteiger partial charge >= 0.3 is 13.7 Å². The van der Waals surface area contributed by atoms with Crippen molar-refractivity contribution in [2.75, 3.05) is 18.9 Å². The second-order valence-electron chi connectivity index (χ2n) is 11.7. The monoisotopic (exact) mass is 611 g/mol. The van der Waals surface area contributed by atoms with Crippen LogP contribution in [0.25, 0.3) is 21.9 Å². The SMILES string of the molecule is CCOCc1nc2c(N)nc3ccccc3c2n1[C@H](C)CO[P@@](=O)(N[C@H](C(=O)OC(C)(C)C)C(C)C)Oc1ccccc1. The highest BCUT2D eigenvalue weighted by Gasteiger charge is 2.38. The largest absolute Gasteiger partial charge is 0.459 e. The zero-order chi connectivity index (χ0) is 31.4. The molecule has 2 aromatic heterocycles. The molecule has 12 heteroatoms. The third kappa shape index (κ3) is 7.92. The van der Waals surface area contributed by atoms with Gasteiger partial charge in [-0.3, -0.25) is 9.32 Å². The number of hydrogen-bond donors (Lipinski definition) is 2. The Hall–Kier alpha value is -3.50. The predicted molar refractivity (Wildman–Crippen MR) is 168 cm³/mol. The second kappa shape index (κ2) is 13.4. The number of fused-ring (bicyclic) bond motifs is 3. The van der Waals surface area contributed by atoms with Gasteiger partial charge in [-0.1, -0.05) is 50.2 Å². The first-order valence-corrected chi connectivity index (χ1v) is 16.0. The van der Waals surface area contributed by atoms with Crippen LogP contribution >= 0.6 is 7.75 Å². The minimum absolute atomic E-state index is 0.0582. The number of nitrogen functional groups attached to an aromatic ring is 1. The topological polar surface area (TPSA) is 140 Å². The van der Waals surface area contributed by atoms with Gasteiger partial charge in [0, 0.05) is 12.0 Å². The fourth-order valence-corrected chi connectivity index (χ4v) is 6.37. The van der Waals surface area contributed by atoms with Gasteiger partial charge in [0.2, 0.25) is 0 Å². The maximum Gasteiger partial charge on any atom is 0.459 e. The Bertz CT molecular complexity index is 1600. The zero-order valence-corrected chi connectivity index (χ0v) is 26.8.